The Morgan fingerprint density at radius 3 is 1.07 bits per heavy atom. The van der Waals surface area contributed by atoms with Crippen LogP contribution in [0.4, 0.5) is 0 Å². The van der Waals surface area contributed by atoms with Crippen LogP contribution in [0.1, 0.15) is 48.5 Å². The van der Waals surface area contributed by atoms with Crippen LogP contribution in [-0.4, -0.2) is 35.9 Å². The second kappa shape index (κ2) is 6.72. The van der Waals surface area contributed by atoms with Crippen LogP contribution in [0, 0.1) is 0 Å². The van der Waals surface area contributed by atoms with Crippen molar-refractivity contribution in [2.75, 3.05) is 7.11 Å². The van der Waals surface area contributed by atoms with Crippen LogP contribution in [0.2, 0.25) is 0 Å². The van der Waals surface area contributed by atoms with Crippen LogP contribution in [0.15, 0.2) is 0 Å². The van der Waals surface area contributed by atoms with E-state index in [2.05, 4.69) is 48.5 Å². The van der Waals surface area contributed by atoms with Gasteiger partial charge in [-0.1, -0.05) is 0 Å². The summed E-state index contributed by atoms with van der Waals surface area (Å²) in [6.45, 7) is 15.9. The van der Waals surface area contributed by atoms with Gasteiger partial charge in [-0.25, -0.2) is 0 Å². The van der Waals surface area contributed by atoms with Gasteiger partial charge in [0.25, 0.3) is 0 Å². The second-order valence-corrected chi connectivity index (χ2v) is 5.01. The van der Waals surface area contributed by atoms with Gasteiger partial charge in [-0.3, -0.25) is 4.48 Å². The summed E-state index contributed by atoms with van der Waals surface area (Å²) in [4.78, 5) is 0. The number of halogens is 1. The van der Waals surface area contributed by atoms with Crippen molar-refractivity contribution in [3.05, 3.63) is 0 Å². The zero-order chi connectivity index (χ0) is 11.5. The average Bonchev–Trinajstić information content (AvgIpc) is 2.02. The van der Waals surface area contributed by atoms with Gasteiger partial charge in [0.05, 0.1) is 18.1 Å². The molecule has 0 aromatic rings. The molecule has 0 amide bonds. The van der Waals surface area contributed by atoms with Gasteiger partial charge < -0.3 is 17.1 Å². The van der Waals surface area contributed by atoms with Gasteiger partial charge in [0.1, 0.15) is 0 Å². The molecule has 0 aromatic heterocycles. The van der Waals surface area contributed by atoms with Crippen LogP contribution in [0.25, 0.3) is 0 Å². The number of quaternary nitrogens is 1. The molecule has 1 atom stereocenters. The van der Waals surface area contributed by atoms with E-state index < -0.39 is 0 Å². The van der Waals surface area contributed by atoms with Crippen molar-refractivity contribution in [3.8, 4) is 0 Å². The van der Waals surface area contributed by atoms with Gasteiger partial charge in [0, 0.05) is 14.0 Å². The average molecular weight is 238 g/mol. The molecule has 0 spiro atoms. The van der Waals surface area contributed by atoms with Crippen molar-refractivity contribution in [1.82, 2.24) is 0 Å². The molecule has 15 heavy (non-hydrogen) atoms. The highest BCUT2D eigenvalue weighted by Gasteiger charge is 2.43. The maximum atomic E-state index is 5.57. The zero-order valence-corrected chi connectivity index (χ0v) is 12.3. The first-order valence-electron chi connectivity index (χ1n) is 5.72. The lowest BCUT2D eigenvalue weighted by Crippen LogP contribution is -3.00. The normalized spacial score (nSPS) is 14.6. The van der Waals surface area contributed by atoms with Crippen LogP contribution < -0.4 is 12.4 Å². The molecule has 0 saturated carbocycles. The summed E-state index contributed by atoms with van der Waals surface area (Å²) >= 11 is 0. The van der Waals surface area contributed by atoms with E-state index in [0.717, 1.165) is 4.48 Å². The Morgan fingerprint density at radius 1 is 0.733 bits per heavy atom. The lowest BCUT2D eigenvalue weighted by molar-refractivity contribution is -1.02. The fraction of sp³-hybridized carbons (Fsp3) is 1.00. The number of hydrogen-bond acceptors (Lipinski definition) is 1. The highest BCUT2D eigenvalue weighted by Crippen LogP contribution is 2.28. The van der Waals surface area contributed by atoms with E-state index >= 15 is 0 Å². The summed E-state index contributed by atoms with van der Waals surface area (Å²) in [5.74, 6) is 0. The quantitative estimate of drug-likeness (QED) is 0.484. The Morgan fingerprint density at radius 2 is 1.00 bits per heavy atom. The summed E-state index contributed by atoms with van der Waals surface area (Å²) in [7, 11) is 1.81. The molecule has 0 bridgehead atoms. The minimum Gasteiger partial charge on any atom is -1.00 e. The van der Waals surface area contributed by atoms with Gasteiger partial charge in [-0.2, -0.15) is 0 Å². The number of ether oxygens (including phenoxy) is 1. The van der Waals surface area contributed by atoms with Gasteiger partial charge in [-0.05, 0) is 41.5 Å². The third-order valence-electron chi connectivity index (χ3n) is 3.65. The molecular weight excluding hydrogens is 210 g/mol. The van der Waals surface area contributed by atoms with Gasteiger partial charge in [0.2, 0.25) is 0 Å². The van der Waals surface area contributed by atoms with Gasteiger partial charge >= 0.3 is 0 Å². The predicted octanol–water partition coefficient (Wildman–Crippen LogP) is 0.0248. The van der Waals surface area contributed by atoms with Crippen molar-refractivity contribution < 1.29 is 21.6 Å². The van der Waals surface area contributed by atoms with E-state index in [0.29, 0.717) is 18.1 Å². The molecule has 0 aliphatic rings. The molecule has 0 aliphatic carbocycles. The zero-order valence-electron chi connectivity index (χ0n) is 11.5. The molecule has 0 N–H and O–H groups in total. The van der Waals surface area contributed by atoms with Crippen molar-refractivity contribution in [2.24, 2.45) is 0 Å². The van der Waals surface area contributed by atoms with E-state index in [1.54, 1.807) is 0 Å². The Balaban J connectivity index is 0. The molecule has 2 nitrogen and oxygen atoms in total. The number of nitrogens with zero attached hydrogens (tertiary/aromatic N) is 1. The number of rotatable bonds is 5. The Hall–Kier alpha value is 0.210. The molecule has 94 valence electrons. The largest absolute Gasteiger partial charge is 1.00 e. The van der Waals surface area contributed by atoms with Gasteiger partial charge in [-0.15, -0.1) is 0 Å². The highest BCUT2D eigenvalue weighted by molar-refractivity contribution is 4.59. The summed E-state index contributed by atoms with van der Waals surface area (Å²) < 4.78 is 6.60. The molecule has 0 fully saturated rings. The van der Waals surface area contributed by atoms with Crippen LogP contribution in [-0.2, 0) is 4.74 Å². The highest BCUT2D eigenvalue weighted by atomic mass is 35.5. The van der Waals surface area contributed by atoms with E-state index in [1.807, 2.05) is 7.11 Å². The molecule has 0 heterocycles. The predicted molar refractivity (Wildman–Crippen MR) is 62.1 cm³/mol. The topological polar surface area (TPSA) is 9.23 Å². The van der Waals surface area contributed by atoms with E-state index in [-0.39, 0.29) is 18.6 Å². The van der Waals surface area contributed by atoms with Crippen molar-refractivity contribution in [1.29, 1.82) is 0 Å². The Labute approximate surface area is 102 Å². The monoisotopic (exact) mass is 237 g/mol. The third-order valence-corrected chi connectivity index (χ3v) is 3.65. The SMILES string of the molecule is COC(C)[N+](C(C)C)(C(C)C)C(C)C.[Cl-]. The summed E-state index contributed by atoms with van der Waals surface area (Å²) in [6.07, 6.45) is 0.259. The van der Waals surface area contributed by atoms with Crippen LogP contribution in [0.3, 0.4) is 0 Å². The maximum Gasteiger partial charge on any atom is 0.190 e. The first kappa shape index (κ1) is 17.6. The second-order valence-electron chi connectivity index (χ2n) is 5.01. The molecule has 0 rings (SSSR count). The summed E-state index contributed by atoms with van der Waals surface area (Å²) in [5, 5.41) is 0. The summed E-state index contributed by atoms with van der Waals surface area (Å²) in [6, 6.07) is 1.76. The maximum absolute atomic E-state index is 5.57. The van der Waals surface area contributed by atoms with Crippen molar-refractivity contribution >= 4 is 0 Å². The third kappa shape index (κ3) is 3.08. The first-order chi connectivity index (χ1) is 6.31. The minimum absolute atomic E-state index is 0. The fourth-order valence-electron chi connectivity index (χ4n) is 3.23. The lowest BCUT2D eigenvalue weighted by atomic mass is 10.0. The minimum atomic E-state index is 0. The number of hydrogen-bond donors (Lipinski definition) is 0. The molecule has 0 aromatic carbocycles. The molecule has 0 saturated heterocycles. The van der Waals surface area contributed by atoms with E-state index in [1.165, 1.54) is 0 Å². The van der Waals surface area contributed by atoms with Crippen molar-refractivity contribution in [3.63, 3.8) is 0 Å². The smallest absolute Gasteiger partial charge is 0.190 e. The Bertz CT molecular complexity index is 147. The molecular formula is C12H28ClNO. The van der Waals surface area contributed by atoms with Crippen LogP contribution >= 0.6 is 0 Å². The number of methoxy groups -OCH3 is 1. The van der Waals surface area contributed by atoms with Gasteiger partial charge in [0.15, 0.2) is 6.23 Å². The molecule has 3 heteroatoms. The standard InChI is InChI=1S/C12H28NO.ClH/c1-9(2)13(10(3)4,11(5)6)12(7)14-8;/h9-12H,1-8H3;1H/q+1;/p-1. The van der Waals surface area contributed by atoms with Crippen molar-refractivity contribution in [2.45, 2.75) is 72.8 Å². The fourth-order valence-corrected chi connectivity index (χ4v) is 3.23. The molecule has 0 aliphatic heterocycles. The van der Waals surface area contributed by atoms with Crippen LogP contribution in [0.5, 0.6) is 0 Å². The van der Waals surface area contributed by atoms with E-state index in [4.69, 9.17) is 4.74 Å². The first-order valence-corrected chi connectivity index (χ1v) is 5.72. The van der Waals surface area contributed by atoms with E-state index in [9.17, 15) is 0 Å². The Kier molecular flexibility index (Phi) is 7.88. The summed E-state index contributed by atoms with van der Waals surface area (Å²) in [5.41, 5.74) is 0. The molecule has 1 unspecified atom stereocenters. The lowest BCUT2D eigenvalue weighted by Gasteiger charge is -2.52. The molecule has 0 radical (unpaired) electrons.